The van der Waals surface area contributed by atoms with Crippen LogP contribution in [-0.4, -0.2) is 27.4 Å². The molecule has 4 rings (SSSR count). The maximum Gasteiger partial charge on any atom is 0.573 e. The molecule has 1 aromatic heterocycles. The number of unbranched alkanes of at least 4 members (excludes halogenated alkanes) is 2. The number of nitrogens with zero attached hydrogens (tertiary/aromatic N) is 3. The highest BCUT2D eigenvalue weighted by molar-refractivity contribution is 5.68. The first-order valence-electron chi connectivity index (χ1n) is 13.6. The second kappa shape index (κ2) is 13.5. The summed E-state index contributed by atoms with van der Waals surface area (Å²) in [6.45, 7) is 7.10. The van der Waals surface area contributed by atoms with E-state index in [2.05, 4.69) is 52.3 Å². The monoisotopic (exact) mass is 535 g/mol. The Morgan fingerprint density at radius 3 is 2.10 bits per heavy atom. The van der Waals surface area contributed by atoms with Gasteiger partial charge in [-0.1, -0.05) is 99.5 Å². The van der Waals surface area contributed by atoms with Gasteiger partial charge in [0.15, 0.2) is 0 Å². The van der Waals surface area contributed by atoms with Crippen molar-refractivity contribution in [1.29, 1.82) is 0 Å². The van der Waals surface area contributed by atoms with Crippen molar-refractivity contribution in [2.75, 3.05) is 6.54 Å². The molecule has 0 N–H and O–H groups in total. The first kappa shape index (κ1) is 28.4. The fourth-order valence-electron chi connectivity index (χ4n) is 4.75. The lowest BCUT2D eigenvalue weighted by Gasteiger charge is -2.24. The van der Waals surface area contributed by atoms with Crippen LogP contribution in [0.2, 0.25) is 0 Å². The molecule has 0 atom stereocenters. The number of rotatable bonds is 13. The van der Waals surface area contributed by atoms with Crippen LogP contribution in [0.15, 0.2) is 84.9 Å². The van der Waals surface area contributed by atoms with Gasteiger partial charge in [-0.05, 0) is 37.1 Å². The second-order valence-corrected chi connectivity index (χ2v) is 9.73. The summed E-state index contributed by atoms with van der Waals surface area (Å²) in [6, 6.07) is 26.7. The molecule has 0 saturated heterocycles. The van der Waals surface area contributed by atoms with Crippen molar-refractivity contribution in [3.8, 4) is 28.4 Å². The molecule has 0 fully saturated rings. The maximum atomic E-state index is 12.8. The zero-order chi connectivity index (χ0) is 27.7. The number of halogens is 3. The summed E-state index contributed by atoms with van der Waals surface area (Å²) < 4.78 is 45.0. The lowest BCUT2D eigenvalue weighted by atomic mass is 10.1. The van der Waals surface area contributed by atoms with Crippen molar-refractivity contribution in [2.24, 2.45) is 0 Å². The number of aromatic nitrogens is 2. The van der Waals surface area contributed by atoms with Gasteiger partial charge in [0.2, 0.25) is 0 Å². The van der Waals surface area contributed by atoms with Crippen molar-refractivity contribution in [3.05, 3.63) is 96.2 Å². The summed E-state index contributed by atoms with van der Waals surface area (Å²) in [6.07, 6.45) is -0.649. The minimum atomic E-state index is -4.72. The fraction of sp³-hybridized carbons (Fsp3) is 0.344. The van der Waals surface area contributed by atoms with E-state index in [0.29, 0.717) is 13.1 Å². The van der Waals surface area contributed by atoms with Crippen molar-refractivity contribution < 1.29 is 17.9 Å². The van der Waals surface area contributed by atoms with Crippen LogP contribution in [0.1, 0.15) is 50.8 Å². The Bertz CT molecular complexity index is 1300. The van der Waals surface area contributed by atoms with Crippen molar-refractivity contribution in [1.82, 2.24) is 14.5 Å². The van der Waals surface area contributed by atoms with E-state index in [4.69, 9.17) is 4.98 Å². The summed E-state index contributed by atoms with van der Waals surface area (Å²) in [7, 11) is 0. The Kier molecular flexibility index (Phi) is 9.82. The molecule has 0 amide bonds. The van der Waals surface area contributed by atoms with Crippen molar-refractivity contribution in [2.45, 2.75) is 65.5 Å². The van der Waals surface area contributed by atoms with Gasteiger partial charge >= 0.3 is 6.36 Å². The molecular formula is C32H36F3N3O. The molecule has 206 valence electrons. The summed E-state index contributed by atoms with van der Waals surface area (Å²) in [5.74, 6) is 0.744. The predicted molar refractivity (Wildman–Crippen MR) is 150 cm³/mol. The first-order chi connectivity index (χ1) is 18.9. The Morgan fingerprint density at radius 1 is 0.795 bits per heavy atom. The molecule has 0 aliphatic rings. The molecule has 0 aliphatic carbocycles. The van der Waals surface area contributed by atoms with Crippen LogP contribution < -0.4 is 4.74 Å². The average Bonchev–Trinajstić information content (AvgIpc) is 3.28. The van der Waals surface area contributed by atoms with Gasteiger partial charge < -0.3 is 9.30 Å². The molecule has 0 spiro atoms. The third kappa shape index (κ3) is 7.96. The van der Waals surface area contributed by atoms with Gasteiger partial charge in [0.1, 0.15) is 11.6 Å². The number of imidazole rings is 1. The standard InChI is InChI=1S/C32H36F3N3O/c1-3-5-20-37(23-25-14-13-19-28(22-25)39-32(33,34)35)24-29-30(26-15-9-7-10-16-26)36-31(38(29)21-6-4-2)27-17-11-8-12-18-27/h7-19,22H,3-6,20-21,23-24H2,1-2H3. The lowest BCUT2D eigenvalue weighted by molar-refractivity contribution is -0.274. The minimum absolute atomic E-state index is 0.195. The van der Waals surface area contributed by atoms with Gasteiger partial charge in [0.25, 0.3) is 0 Å². The second-order valence-electron chi connectivity index (χ2n) is 9.73. The van der Waals surface area contributed by atoms with Crippen molar-refractivity contribution in [3.63, 3.8) is 0 Å². The van der Waals surface area contributed by atoms with Gasteiger partial charge in [-0.2, -0.15) is 0 Å². The fourth-order valence-corrected chi connectivity index (χ4v) is 4.75. The van der Waals surface area contributed by atoms with Crippen molar-refractivity contribution >= 4 is 0 Å². The average molecular weight is 536 g/mol. The highest BCUT2D eigenvalue weighted by Crippen LogP contribution is 2.32. The van der Waals surface area contributed by atoms with Crippen LogP contribution in [0, 0.1) is 0 Å². The van der Waals surface area contributed by atoms with Crippen LogP contribution in [0.5, 0.6) is 5.75 Å². The molecule has 4 nitrogen and oxygen atoms in total. The van der Waals surface area contributed by atoms with E-state index in [1.54, 1.807) is 6.07 Å². The highest BCUT2D eigenvalue weighted by atomic mass is 19.4. The van der Waals surface area contributed by atoms with Gasteiger partial charge in [0.05, 0.1) is 11.4 Å². The molecular weight excluding hydrogens is 499 g/mol. The van der Waals surface area contributed by atoms with Crippen LogP contribution >= 0.6 is 0 Å². The molecule has 7 heteroatoms. The van der Waals surface area contributed by atoms with Gasteiger partial charge in [0, 0.05) is 30.8 Å². The molecule has 1 heterocycles. The highest BCUT2D eigenvalue weighted by Gasteiger charge is 2.31. The number of hydrogen-bond acceptors (Lipinski definition) is 3. The molecule has 4 aromatic rings. The Morgan fingerprint density at radius 2 is 1.46 bits per heavy atom. The van der Waals surface area contributed by atoms with E-state index >= 15 is 0 Å². The molecule has 0 saturated carbocycles. The normalized spacial score (nSPS) is 11.7. The number of benzene rings is 3. The van der Waals surface area contributed by atoms with Gasteiger partial charge in [-0.25, -0.2) is 4.98 Å². The summed E-state index contributed by atoms with van der Waals surface area (Å²) in [5.41, 5.74) is 4.95. The van der Waals surface area contributed by atoms with E-state index in [1.807, 2.05) is 42.5 Å². The lowest BCUT2D eigenvalue weighted by Crippen LogP contribution is -2.26. The zero-order valence-electron chi connectivity index (χ0n) is 22.6. The maximum absolute atomic E-state index is 12.8. The summed E-state index contributed by atoms with van der Waals surface area (Å²) in [4.78, 5) is 7.49. The van der Waals surface area contributed by atoms with Crippen LogP contribution in [0.3, 0.4) is 0 Å². The SMILES string of the molecule is CCCCN(Cc1cccc(OC(F)(F)F)c1)Cc1c(-c2ccccc2)nc(-c2ccccc2)n1CCCC. The molecule has 0 aliphatic heterocycles. The Hall–Kier alpha value is -3.58. The Balaban J connectivity index is 1.75. The van der Waals surface area contributed by atoms with Crippen LogP contribution in [0.4, 0.5) is 13.2 Å². The Labute approximate surface area is 229 Å². The van der Waals surface area contributed by atoms with Crippen LogP contribution in [-0.2, 0) is 19.6 Å². The van der Waals surface area contributed by atoms with Crippen LogP contribution in [0.25, 0.3) is 22.6 Å². The first-order valence-corrected chi connectivity index (χ1v) is 13.6. The zero-order valence-corrected chi connectivity index (χ0v) is 22.6. The number of hydrogen-bond donors (Lipinski definition) is 0. The van der Waals surface area contributed by atoms with E-state index in [1.165, 1.54) is 12.1 Å². The molecule has 0 radical (unpaired) electrons. The number of alkyl halides is 3. The van der Waals surface area contributed by atoms with Gasteiger partial charge in [-0.3, -0.25) is 4.90 Å². The van der Waals surface area contributed by atoms with Gasteiger partial charge in [-0.15, -0.1) is 13.2 Å². The molecule has 3 aromatic carbocycles. The van der Waals surface area contributed by atoms with E-state index in [9.17, 15) is 13.2 Å². The third-order valence-corrected chi connectivity index (χ3v) is 6.63. The predicted octanol–water partition coefficient (Wildman–Crippen LogP) is 8.72. The molecule has 0 bridgehead atoms. The van der Waals surface area contributed by atoms with E-state index < -0.39 is 6.36 Å². The minimum Gasteiger partial charge on any atom is -0.406 e. The summed E-state index contributed by atoms with van der Waals surface area (Å²) in [5, 5.41) is 0. The molecule has 0 unspecified atom stereocenters. The van der Waals surface area contributed by atoms with E-state index in [-0.39, 0.29) is 5.75 Å². The van der Waals surface area contributed by atoms with E-state index in [0.717, 1.165) is 72.7 Å². The summed E-state index contributed by atoms with van der Waals surface area (Å²) >= 11 is 0. The molecule has 39 heavy (non-hydrogen) atoms. The third-order valence-electron chi connectivity index (χ3n) is 6.63. The quantitative estimate of drug-likeness (QED) is 0.171. The largest absolute Gasteiger partial charge is 0.573 e. The smallest absolute Gasteiger partial charge is 0.406 e. The topological polar surface area (TPSA) is 30.3 Å². The number of ether oxygens (including phenoxy) is 1.